The van der Waals surface area contributed by atoms with E-state index in [4.69, 9.17) is 0 Å². The van der Waals surface area contributed by atoms with Crippen LogP contribution < -0.4 is 5.32 Å². The van der Waals surface area contributed by atoms with Gasteiger partial charge in [0.2, 0.25) is 0 Å². The van der Waals surface area contributed by atoms with Gasteiger partial charge >= 0.3 is 0 Å². The van der Waals surface area contributed by atoms with Crippen molar-refractivity contribution in [1.29, 1.82) is 0 Å². The molecule has 1 N–H and O–H groups in total. The highest BCUT2D eigenvalue weighted by Gasteiger charge is 2.39. The number of nitrogens with zero attached hydrogens (tertiary/aromatic N) is 1. The van der Waals surface area contributed by atoms with Gasteiger partial charge < -0.3 is 5.32 Å². The fourth-order valence-corrected chi connectivity index (χ4v) is 3.43. The molecule has 0 amide bonds. The van der Waals surface area contributed by atoms with Gasteiger partial charge in [-0.25, -0.2) is 0 Å². The lowest BCUT2D eigenvalue weighted by Gasteiger charge is -2.50. The summed E-state index contributed by atoms with van der Waals surface area (Å²) in [6.45, 7) is 8.21. The monoisotopic (exact) mass is 258 g/mol. The van der Waals surface area contributed by atoms with Crippen LogP contribution in [0.5, 0.6) is 0 Å². The largest absolute Gasteiger partial charge is 0.311 e. The number of rotatable bonds is 3. The highest BCUT2D eigenvalue weighted by molar-refractivity contribution is 5.25. The summed E-state index contributed by atoms with van der Waals surface area (Å²) in [5.74, 6) is 0.938. The van der Waals surface area contributed by atoms with Crippen LogP contribution in [0.25, 0.3) is 0 Å². The topological polar surface area (TPSA) is 15.3 Å². The normalized spacial score (nSPS) is 33.1. The van der Waals surface area contributed by atoms with Crippen LogP contribution in [0, 0.1) is 5.92 Å². The van der Waals surface area contributed by atoms with E-state index >= 15 is 0 Å². The summed E-state index contributed by atoms with van der Waals surface area (Å²) >= 11 is 0. The van der Waals surface area contributed by atoms with Gasteiger partial charge in [-0.15, -0.1) is 0 Å². The Hall–Kier alpha value is -0.860. The van der Waals surface area contributed by atoms with Crippen LogP contribution in [-0.2, 0) is 5.54 Å². The molecule has 104 valence electrons. The first-order chi connectivity index (χ1) is 9.18. The lowest BCUT2D eigenvalue weighted by molar-refractivity contribution is 0.0257. The van der Waals surface area contributed by atoms with Crippen LogP contribution in [0.15, 0.2) is 30.3 Å². The van der Waals surface area contributed by atoms with Crippen LogP contribution in [0.2, 0.25) is 0 Å². The molecule has 1 aliphatic heterocycles. The fourth-order valence-electron chi connectivity index (χ4n) is 3.43. The molecular formula is C17H26N2. The van der Waals surface area contributed by atoms with Crippen molar-refractivity contribution >= 4 is 0 Å². The zero-order chi connectivity index (χ0) is 13.3. The SMILES string of the molecule is CC1CN(CC2CCC2)C(C)(c2ccccc2)CN1. The molecule has 2 fully saturated rings. The first kappa shape index (κ1) is 13.1. The van der Waals surface area contributed by atoms with Crippen LogP contribution >= 0.6 is 0 Å². The van der Waals surface area contributed by atoms with Crippen molar-refractivity contribution in [2.75, 3.05) is 19.6 Å². The molecule has 0 bridgehead atoms. The zero-order valence-corrected chi connectivity index (χ0v) is 12.2. The second-order valence-electron chi connectivity index (χ2n) is 6.62. The average Bonchev–Trinajstić information content (AvgIpc) is 2.39. The Balaban J connectivity index is 1.82. The lowest BCUT2D eigenvalue weighted by Crippen LogP contribution is -2.61. The molecule has 2 nitrogen and oxygen atoms in total. The van der Waals surface area contributed by atoms with E-state index in [1.165, 1.54) is 37.9 Å². The van der Waals surface area contributed by atoms with Gasteiger partial charge in [0.05, 0.1) is 5.54 Å². The third kappa shape index (κ3) is 2.56. The molecule has 0 radical (unpaired) electrons. The fraction of sp³-hybridized carbons (Fsp3) is 0.647. The molecule has 1 saturated carbocycles. The Kier molecular flexibility index (Phi) is 3.64. The zero-order valence-electron chi connectivity index (χ0n) is 12.2. The Bertz CT molecular complexity index is 413. The molecule has 2 heteroatoms. The quantitative estimate of drug-likeness (QED) is 0.896. The molecule has 1 aliphatic carbocycles. The van der Waals surface area contributed by atoms with E-state index in [2.05, 4.69) is 54.4 Å². The van der Waals surface area contributed by atoms with Crippen molar-refractivity contribution in [3.8, 4) is 0 Å². The van der Waals surface area contributed by atoms with Gasteiger partial charge in [-0.2, -0.15) is 0 Å². The molecule has 19 heavy (non-hydrogen) atoms. The molecule has 2 aliphatic rings. The first-order valence-corrected chi connectivity index (χ1v) is 7.72. The predicted octanol–water partition coefficient (Wildman–Crippen LogP) is 3.00. The minimum absolute atomic E-state index is 0.156. The van der Waals surface area contributed by atoms with Crippen LogP contribution in [0.4, 0.5) is 0 Å². The van der Waals surface area contributed by atoms with E-state index in [1.54, 1.807) is 0 Å². The van der Waals surface area contributed by atoms with Crippen molar-refractivity contribution in [1.82, 2.24) is 10.2 Å². The standard InChI is InChI=1S/C17H26N2/c1-14-11-19(12-15-7-6-8-15)17(2,13-18-14)16-9-4-3-5-10-16/h3-5,9-10,14-15,18H,6-8,11-13H2,1-2H3. The number of piperazine rings is 1. The summed E-state index contributed by atoms with van der Waals surface area (Å²) in [7, 11) is 0. The van der Waals surface area contributed by atoms with Gasteiger partial charge in [-0.05, 0) is 38.2 Å². The summed E-state index contributed by atoms with van der Waals surface area (Å²) in [6.07, 6.45) is 4.31. The Morgan fingerprint density at radius 2 is 2.00 bits per heavy atom. The maximum atomic E-state index is 3.67. The number of nitrogens with one attached hydrogen (secondary N) is 1. The van der Waals surface area contributed by atoms with Gasteiger partial charge in [0.25, 0.3) is 0 Å². The molecule has 1 aromatic carbocycles. The highest BCUT2D eigenvalue weighted by atomic mass is 15.3. The summed E-state index contributed by atoms with van der Waals surface area (Å²) in [6, 6.07) is 11.6. The van der Waals surface area contributed by atoms with E-state index in [-0.39, 0.29) is 5.54 Å². The maximum absolute atomic E-state index is 3.67. The number of benzene rings is 1. The van der Waals surface area contributed by atoms with E-state index in [0.29, 0.717) is 6.04 Å². The summed E-state index contributed by atoms with van der Waals surface area (Å²) in [5.41, 5.74) is 1.61. The molecule has 2 unspecified atom stereocenters. The van der Waals surface area contributed by atoms with Gasteiger partial charge in [-0.3, -0.25) is 4.90 Å². The Labute approximate surface area is 117 Å². The van der Waals surface area contributed by atoms with Crippen LogP contribution in [0.3, 0.4) is 0 Å². The highest BCUT2D eigenvalue weighted by Crippen LogP contribution is 2.35. The molecular weight excluding hydrogens is 232 g/mol. The third-order valence-corrected chi connectivity index (χ3v) is 5.09. The van der Waals surface area contributed by atoms with Crippen molar-refractivity contribution in [2.45, 2.75) is 44.7 Å². The third-order valence-electron chi connectivity index (χ3n) is 5.09. The van der Waals surface area contributed by atoms with E-state index < -0.39 is 0 Å². The molecule has 0 aromatic heterocycles. The Morgan fingerprint density at radius 3 is 2.63 bits per heavy atom. The first-order valence-electron chi connectivity index (χ1n) is 7.72. The van der Waals surface area contributed by atoms with Gasteiger partial charge in [0.1, 0.15) is 0 Å². The number of hydrogen-bond donors (Lipinski definition) is 1. The molecule has 0 spiro atoms. The van der Waals surface area contributed by atoms with Crippen molar-refractivity contribution < 1.29 is 0 Å². The van der Waals surface area contributed by atoms with Crippen molar-refractivity contribution in [3.05, 3.63) is 35.9 Å². The smallest absolute Gasteiger partial charge is 0.0558 e. The van der Waals surface area contributed by atoms with Gasteiger partial charge in [0, 0.05) is 25.7 Å². The summed E-state index contributed by atoms with van der Waals surface area (Å²) in [5, 5.41) is 3.67. The molecule has 2 atom stereocenters. The summed E-state index contributed by atoms with van der Waals surface area (Å²) in [4.78, 5) is 2.73. The number of hydrogen-bond acceptors (Lipinski definition) is 2. The lowest BCUT2D eigenvalue weighted by atomic mass is 9.81. The molecule has 3 rings (SSSR count). The van der Waals surface area contributed by atoms with Gasteiger partial charge in [-0.1, -0.05) is 36.8 Å². The Morgan fingerprint density at radius 1 is 1.26 bits per heavy atom. The maximum Gasteiger partial charge on any atom is 0.0558 e. The minimum atomic E-state index is 0.156. The average molecular weight is 258 g/mol. The van der Waals surface area contributed by atoms with E-state index in [9.17, 15) is 0 Å². The van der Waals surface area contributed by atoms with Crippen LogP contribution in [0.1, 0.15) is 38.7 Å². The van der Waals surface area contributed by atoms with E-state index in [1.807, 2.05) is 0 Å². The summed E-state index contributed by atoms with van der Waals surface area (Å²) < 4.78 is 0. The molecule has 1 aromatic rings. The van der Waals surface area contributed by atoms with Crippen LogP contribution in [-0.4, -0.2) is 30.6 Å². The van der Waals surface area contributed by atoms with Gasteiger partial charge in [0.15, 0.2) is 0 Å². The van der Waals surface area contributed by atoms with Crippen molar-refractivity contribution in [2.24, 2.45) is 5.92 Å². The molecule has 1 saturated heterocycles. The second kappa shape index (κ2) is 5.26. The predicted molar refractivity (Wildman–Crippen MR) is 80.2 cm³/mol. The van der Waals surface area contributed by atoms with Crippen molar-refractivity contribution in [3.63, 3.8) is 0 Å². The second-order valence-corrected chi connectivity index (χ2v) is 6.62. The van der Waals surface area contributed by atoms with E-state index in [0.717, 1.165) is 12.5 Å². The minimum Gasteiger partial charge on any atom is -0.311 e. The molecule has 1 heterocycles.